The summed E-state index contributed by atoms with van der Waals surface area (Å²) in [5.74, 6) is -0.219. The fraction of sp³-hybridized carbons (Fsp3) is 0.308. The Labute approximate surface area is 101 Å². The van der Waals surface area contributed by atoms with E-state index in [9.17, 15) is 4.79 Å². The number of carbonyl (C=O) groups excluding carboxylic acids is 1. The first-order chi connectivity index (χ1) is 7.72. The van der Waals surface area contributed by atoms with Gasteiger partial charge in [0.2, 0.25) is 6.29 Å². The molecule has 1 heterocycles. The van der Waals surface area contributed by atoms with Gasteiger partial charge in [0.25, 0.3) is 0 Å². The van der Waals surface area contributed by atoms with E-state index in [1.165, 1.54) is 0 Å². The van der Waals surface area contributed by atoms with E-state index in [2.05, 4.69) is 17.1 Å². The minimum Gasteiger partial charge on any atom is -0.363 e. The summed E-state index contributed by atoms with van der Waals surface area (Å²) in [6, 6.07) is 5.76. The molecule has 1 aromatic rings. The largest absolute Gasteiger partial charge is 0.363 e. The minimum absolute atomic E-state index is 0.219. The van der Waals surface area contributed by atoms with Crippen LogP contribution < -0.4 is 4.90 Å². The molecule has 0 fully saturated rings. The third kappa shape index (κ3) is 2.12. The Kier molecular flexibility index (Phi) is 3.30. The number of benzene rings is 1. The highest BCUT2D eigenvalue weighted by molar-refractivity contribution is 6.33. The summed E-state index contributed by atoms with van der Waals surface area (Å²) in [5, 5.41) is 0.698. The predicted molar refractivity (Wildman–Crippen MR) is 66.9 cm³/mol. The van der Waals surface area contributed by atoms with Crippen molar-refractivity contribution in [1.29, 1.82) is 0 Å². The Balaban J connectivity index is 2.25. The van der Waals surface area contributed by atoms with Crippen LogP contribution >= 0.6 is 11.6 Å². The van der Waals surface area contributed by atoms with Crippen LogP contribution in [0.15, 0.2) is 30.4 Å². The average molecular weight is 235 g/mol. The Morgan fingerprint density at radius 1 is 1.38 bits per heavy atom. The zero-order valence-electron chi connectivity index (χ0n) is 9.11. The molecule has 1 atom stereocenters. The summed E-state index contributed by atoms with van der Waals surface area (Å²) >= 11 is 6.21. The molecule has 83 valence electrons. The molecule has 0 saturated carbocycles. The summed E-state index contributed by atoms with van der Waals surface area (Å²) in [6.45, 7) is 3.61. The molecular formula is C13H13ClNO. The third-order valence-corrected chi connectivity index (χ3v) is 3.11. The first-order valence-electron chi connectivity index (χ1n) is 5.29. The summed E-state index contributed by atoms with van der Waals surface area (Å²) in [7, 11) is 0. The van der Waals surface area contributed by atoms with E-state index in [1.807, 2.05) is 31.4 Å². The van der Waals surface area contributed by atoms with E-state index in [0.29, 0.717) is 5.02 Å². The van der Waals surface area contributed by atoms with Crippen molar-refractivity contribution < 1.29 is 4.79 Å². The first kappa shape index (κ1) is 11.2. The van der Waals surface area contributed by atoms with Crippen molar-refractivity contribution in [3.8, 4) is 0 Å². The lowest BCUT2D eigenvalue weighted by atomic mass is 10.0. The second-order valence-corrected chi connectivity index (χ2v) is 4.33. The van der Waals surface area contributed by atoms with E-state index in [1.54, 1.807) is 0 Å². The Morgan fingerprint density at radius 2 is 2.06 bits per heavy atom. The maximum absolute atomic E-state index is 10.6. The van der Waals surface area contributed by atoms with Gasteiger partial charge in [-0.05, 0) is 17.7 Å². The highest BCUT2D eigenvalue weighted by Crippen LogP contribution is 2.30. The highest BCUT2D eigenvalue weighted by atomic mass is 35.5. The molecular weight excluding hydrogens is 222 g/mol. The lowest BCUT2D eigenvalue weighted by molar-refractivity contribution is 0.546. The maximum Gasteiger partial charge on any atom is 0.206 e. The van der Waals surface area contributed by atoms with Gasteiger partial charge >= 0.3 is 0 Å². The molecule has 0 amide bonds. The quantitative estimate of drug-likeness (QED) is 0.750. The van der Waals surface area contributed by atoms with Gasteiger partial charge in [-0.25, -0.2) is 0 Å². The molecule has 2 rings (SSSR count). The van der Waals surface area contributed by atoms with Crippen LogP contribution in [0.2, 0.25) is 5.02 Å². The van der Waals surface area contributed by atoms with E-state index < -0.39 is 0 Å². The number of hydrogen-bond acceptors (Lipinski definition) is 2. The average Bonchev–Trinajstić information content (AvgIpc) is 2.81. The van der Waals surface area contributed by atoms with Gasteiger partial charge < -0.3 is 4.90 Å². The van der Waals surface area contributed by atoms with Gasteiger partial charge in [-0.1, -0.05) is 36.7 Å². The highest BCUT2D eigenvalue weighted by Gasteiger charge is 2.13. The van der Waals surface area contributed by atoms with Crippen LogP contribution in [0.5, 0.6) is 0 Å². The minimum atomic E-state index is -0.219. The van der Waals surface area contributed by atoms with Gasteiger partial charge in [0.05, 0.1) is 10.7 Å². The first-order valence-corrected chi connectivity index (χ1v) is 5.67. The predicted octanol–water partition coefficient (Wildman–Crippen LogP) is 2.93. The van der Waals surface area contributed by atoms with E-state index in [4.69, 9.17) is 11.6 Å². The fourth-order valence-electron chi connectivity index (χ4n) is 1.79. The van der Waals surface area contributed by atoms with Crippen molar-refractivity contribution in [1.82, 2.24) is 0 Å². The molecule has 1 aliphatic heterocycles. The third-order valence-electron chi connectivity index (χ3n) is 2.81. The molecule has 0 bridgehead atoms. The number of anilines is 1. The second-order valence-electron chi connectivity index (χ2n) is 3.93. The summed E-state index contributed by atoms with van der Waals surface area (Å²) in [4.78, 5) is 12.8. The molecule has 1 aromatic carbocycles. The van der Waals surface area contributed by atoms with Gasteiger partial charge in [-0.3, -0.25) is 4.79 Å². The number of halogens is 1. The van der Waals surface area contributed by atoms with Gasteiger partial charge in [-0.15, -0.1) is 0 Å². The van der Waals surface area contributed by atoms with Gasteiger partial charge in [0.15, 0.2) is 0 Å². The molecule has 3 heteroatoms. The SMILES string of the molecule is CC([C]=O)c1ccc(N2CC=CC2)c(Cl)c1. The van der Waals surface area contributed by atoms with Crippen molar-refractivity contribution in [3.05, 3.63) is 40.9 Å². The molecule has 1 radical (unpaired) electrons. The number of nitrogens with zero attached hydrogens (tertiary/aromatic N) is 1. The van der Waals surface area contributed by atoms with Crippen LogP contribution in [0.4, 0.5) is 5.69 Å². The Morgan fingerprint density at radius 3 is 2.62 bits per heavy atom. The van der Waals surface area contributed by atoms with Crippen LogP contribution in [0.3, 0.4) is 0 Å². The van der Waals surface area contributed by atoms with Gasteiger partial charge in [0, 0.05) is 19.0 Å². The molecule has 1 unspecified atom stereocenters. The fourth-order valence-corrected chi connectivity index (χ4v) is 2.10. The molecule has 0 saturated heterocycles. The molecule has 0 aromatic heterocycles. The van der Waals surface area contributed by atoms with E-state index in [-0.39, 0.29) is 5.92 Å². The normalized spacial score (nSPS) is 16.5. The maximum atomic E-state index is 10.6. The van der Waals surface area contributed by atoms with Crippen molar-refractivity contribution in [2.24, 2.45) is 0 Å². The van der Waals surface area contributed by atoms with Crippen LogP contribution in [-0.4, -0.2) is 19.4 Å². The molecule has 0 N–H and O–H groups in total. The second kappa shape index (κ2) is 4.71. The van der Waals surface area contributed by atoms with Crippen molar-refractivity contribution in [3.63, 3.8) is 0 Å². The summed E-state index contributed by atoms with van der Waals surface area (Å²) in [5.41, 5.74) is 1.93. The molecule has 16 heavy (non-hydrogen) atoms. The number of hydrogen-bond donors (Lipinski definition) is 0. The lowest BCUT2D eigenvalue weighted by Crippen LogP contribution is -2.18. The Hall–Kier alpha value is -1.28. The number of rotatable bonds is 3. The van der Waals surface area contributed by atoms with Crippen LogP contribution in [0, 0.1) is 0 Å². The molecule has 0 aliphatic carbocycles. The zero-order chi connectivity index (χ0) is 11.5. The monoisotopic (exact) mass is 234 g/mol. The Bertz CT molecular complexity index is 420. The van der Waals surface area contributed by atoms with Gasteiger partial charge in [-0.2, -0.15) is 0 Å². The van der Waals surface area contributed by atoms with Crippen molar-refractivity contribution in [2.45, 2.75) is 12.8 Å². The van der Waals surface area contributed by atoms with Crippen molar-refractivity contribution >= 4 is 23.6 Å². The standard InChI is InChI=1S/C13H13ClNO/c1-10(9-16)11-4-5-13(12(14)8-11)15-6-2-3-7-15/h2-5,8,10H,6-7H2,1H3. The lowest BCUT2D eigenvalue weighted by Gasteiger charge is -2.20. The summed E-state index contributed by atoms with van der Waals surface area (Å²) in [6.07, 6.45) is 6.20. The van der Waals surface area contributed by atoms with Crippen molar-refractivity contribution in [2.75, 3.05) is 18.0 Å². The summed E-state index contributed by atoms with van der Waals surface area (Å²) < 4.78 is 0. The smallest absolute Gasteiger partial charge is 0.206 e. The van der Waals surface area contributed by atoms with Crippen LogP contribution in [0.25, 0.3) is 0 Å². The van der Waals surface area contributed by atoms with Gasteiger partial charge in [0.1, 0.15) is 0 Å². The molecule has 2 nitrogen and oxygen atoms in total. The molecule has 1 aliphatic rings. The zero-order valence-corrected chi connectivity index (χ0v) is 9.87. The van der Waals surface area contributed by atoms with Crippen LogP contribution in [-0.2, 0) is 4.79 Å². The topological polar surface area (TPSA) is 20.3 Å². The van der Waals surface area contributed by atoms with E-state index >= 15 is 0 Å². The molecule has 0 spiro atoms. The van der Waals surface area contributed by atoms with Crippen LogP contribution in [0.1, 0.15) is 18.4 Å². The van der Waals surface area contributed by atoms with E-state index in [0.717, 1.165) is 24.3 Å².